The molecule has 0 amide bonds. The van der Waals surface area contributed by atoms with Crippen molar-refractivity contribution in [1.82, 2.24) is 39.7 Å². The second-order valence-electron chi connectivity index (χ2n) is 8.65. The van der Waals surface area contributed by atoms with Crippen LogP contribution in [0.4, 0.5) is 13.2 Å². The van der Waals surface area contributed by atoms with Gasteiger partial charge in [0.15, 0.2) is 17.3 Å². The molecule has 0 unspecified atom stereocenters. The lowest BCUT2D eigenvalue weighted by molar-refractivity contribution is -0.141. The molecule has 1 aliphatic rings. The number of fused-ring (bicyclic) bond motifs is 1. The van der Waals surface area contributed by atoms with Crippen molar-refractivity contribution < 1.29 is 17.9 Å². The Labute approximate surface area is 208 Å². The van der Waals surface area contributed by atoms with E-state index in [4.69, 9.17) is 9.72 Å². The van der Waals surface area contributed by atoms with E-state index in [9.17, 15) is 13.2 Å². The summed E-state index contributed by atoms with van der Waals surface area (Å²) in [6.07, 6.45) is 3.56. The lowest BCUT2D eigenvalue weighted by Gasteiger charge is -2.11. The topological polar surface area (TPSA) is 104 Å². The Balaban J connectivity index is 1.31. The standard InChI is InChI=1S/C25H19F3N8O/c1-37-24-19(20(15-6-7-15)31-13-32-24)22-30-10-17-11-33-36(23(17)35-22)12-14-2-4-16(5-3-14)21-29-9-8-18(34-21)25(26,27)28/h2-5,8-11,13,15H,6-7,12H2,1H3. The Bertz CT molecular complexity index is 1600. The normalized spacial score (nSPS) is 13.7. The van der Waals surface area contributed by atoms with E-state index in [1.54, 1.807) is 48.5 Å². The lowest BCUT2D eigenvalue weighted by atomic mass is 10.1. The molecule has 4 aromatic heterocycles. The van der Waals surface area contributed by atoms with Crippen LogP contribution in [0.2, 0.25) is 0 Å². The highest BCUT2D eigenvalue weighted by Crippen LogP contribution is 2.44. The third kappa shape index (κ3) is 4.46. The van der Waals surface area contributed by atoms with E-state index in [2.05, 4.69) is 30.0 Å². The number of hydrogen-bond donors (Lipinski definition) is 0. The third-order valence-corrected chi connectivity index (χ3v) is 6.09. The fourth-order valence-corrected chi connectivity index (χ4v) is 4.10. The van der Waals surface area contributed by atoms with Crippen LogP contribution in [0.3, 0.4) is 0 Å². The van der Waals surface area contributed by atoms with Gasteiger partial charge in [-0.25, -0.2) is 34.6 Å². The maximum absolute atomic E-state index is 13.0. The fourth-order valence-electron chi connectivity index (χ4n) is 4.10. The Kier molecular flexibility index (Phi) is 5.50. The maximum atomic E-state index is 13.0. The van der Waals surface area contributed by atoms with Crippen LogP contribution in [0, 0.1) is 0 Å². The molecule has 186 valence electrons. The fraction of sp³-hybridized carbons (Fsp3) is 0.240. The van der Waals surface area contributed by atoms with Gasteiger partial charge in [-0.1, -0.05) is 24.3 Å². The molecular weight excluding hydrogens is 485 g/mol. The van der Waals surface area contributed by atoms with Crippen molar-refractivity contribution in [2.45, 2.75) is 31.5 Å². The Hall–Kier alpha value is -4.48. The maximum Gasteiger partial charge on any atom is 0.433 e. The summed E-state index contributed by atoms with van der Waals surface area (Å²) in [5.41, 5.74) is 2.57. The number of nitrogens with zero attached hydrogens (tertiary/aromatic N) is 8. The first kappa shape index (κ1) is 23.0. The first-order valence-electron chi connectivity index (χ1n) is 11.5. The summed E-state index contributed by atoms with van der Waals surface area (Å²) in [6.45, 7) is 0.390. The van der Waals surface area contributed by atoms with Crippen LogP contribution in [-0.4, -0.2) is 46.8 Å². The molecule has 0 N–H and O–H groups in total. The van der Waals surface area contributed by atoms with Gasteiger partial charge in [-0.3, -0.25) is 0 Å². The first-order chi connectivity index (χ1) is 17.9. The quantitative estimate of drug-likeness (QED) is 0.328. The number of ether oxygens (including phenoxy) is 1. The lowest BCUT2D eigenvalue weighted by Crippen LogP contribution is -2.09. The van der Waals surface area contributed by atoms with E-state index in [1.807, 2.05) is 0 Å². The molecule has 1 saturated carbocycles. The summed E-state index contributed by atoms with van der Waals surface area (Å²) in [7, 11) is 1.55. The SMILES string of the molecule is COc1ncnc(C2CC2)c1-c1ncc2cnn(Cc3ccc(-c4nccc(C(F)(F)F)n4)cc3)c2n1. The number of alkyl halides is 3. The van der Waals surface area contributed by atoms with E-state index in [-0.39, 0.29) is 5.82 Å². The zero-order valence-corrected chi connectivity index (χ0v) is 19.5. The summed E-state index contributed by atoms with van der Waals surface area (Å²) in [6, 6.07) is 7.82. The minimum atomic E-state index is -4.53. The molecule has 4 heterocycles. The van der Waals surface area contributed by atoms with Gasteiger partial charge in [-0.2, -0.15) is 18.3 Å². The van der Waals surface area contributed by atoms with Gasteiger partial charge in [0, 0.05) is 23.9 Å². The number of halogens is 3. The van der Waals surface area contributed by atoms with Gasteiger partial charge in [0.05, 0.1) is 30.9 Å². The molecule has 1 fully saturated rings. The molecule has 9 nitrogen and oxygen atoms in total. The molecule has 0 bridgehead atoms. The average Bonchev–Trinajstić information content (AvgIpc) is 3.69. The zero-order chi connectivity index (χ0) is 25.6. The molecule has 0 spiro atoms. The van der Waals surface area contributed by atoms with Crippen LogP contribution in [0.25, 0.3) is 33.8 Å². The molecule has 0 atom stereocenters. The van der Waals surface area contributed by atoms with Gasteiger partial charge in [-0.05, 0) is 24.5 Å². The van der Waals surface area contributed by atoms with E-state index in [0.717, 1.165) is 41.7 Å². The molecule has 37 heavy (non-hydrogen) atoms. The minimum absolute atomic E-state index is 0.00814. The highest BCUT2D eigenvalue weighted by Gasteiger charge is 2.33. The average molecular weight is 504 g/mol. The van der Waals surface area contributed by atoms with E-state index in [0.29, 0.717) is 40.9 Å². The van der Waals surface area contributed by atoms with Crippen LogP contribution in [0.1, 0.15) is 35.7 Å². The van der Waals surface area contributed by atoms with Gasteiger partial charge in [0.2, 0.25) is 5.88 Å². The molecule has 1 aromatic carbocycles. The van der Waals surface area contributed by atoms with Crippen molar-refractivity contribution in [1.29, 1.82) is 0 Å². The smallest absolute Gasteiger partial charge is 0.433 e. The first-order valence-corrected chi connectivity index (χ1v) is 11.5. The van der Waals surface area contributed by atoms with Crippen molar-refractivity contribution in [3.8, 4) is 28.7 Å². The second kappa shape index (κ2) is 8.87. The third-order valence-electron chi connectivity index (χ3n) is 6.09. The van der Waals surface area contributed by atoms with E-state index < -0.39 is 11.9 Å². The number of hydrogen-bond acceptors (Lipinski definition) is 8. The van der Waals surface area contributed by atoms with Gasteiger partial charge in [-0.15, -0.1) is 0 Å². The van der Waals surface area contributed by atoms with Crippen LogP contribution in [0.15, 0.2) is 55.2 Å². The van der Waals surface area contributed by atoms with Gasteiger partial charge >= 0.3 is 6.18 Å². The Morgan fingerprint density at radius 2 is 1.76 bits per heavy atom. The molecule has 0 aliphatic heterocycles. The number of rotatable bonds is 6. The van der Waals surface area contributed by atoms with Crippen molar-refractivity contribution in [3.05, 3.63) is 72.2 Å². The van der Waals surface area contributed by atoms with Crippen molar-refractivity contribution in [2.24, 2.45) is 0 Å². The van der Waals surface area contributed by atoms with Crippen LogP contribution < -0.4 is 4.74 Å². The van der Waals surface area contributed by atoms with E-state index in [1.165, 1.54) is 6.33 Å². The molecular formula is C25H19F3N8O. The molecule has 12 heteroatoms. The number of methoxy groups -OCH3 is 1. The highest BCUT2D eigenvalue weighted by atomic mass is 19.4. The predicted molar refractivity (Wildman–Crippen MR) is 126 cm³/mol. The Morgan fingerprint density at radius 1 is 0.946 bits per heavy atom. The number of benzene rings is 1. The summed E-state index contributed by atoms with van der Waals surface area (Å²) in [5.74, 6) is 1.24. The molecule has 1 aliphatic carbocycles. The molecule has 5 aromatic rings. The second-order valence-corrected chi connectivity index (χ2v) is 8.65. The van der Waals surface area contributed by atoms with Gasteiger partial charge < -0.3 is 4.74 Å². The Morgan fingerprint density at radius 3 is 2.49 bits per heavy atom. The minimum Gasteiger partial charge on any atom is -0.480 e. The molecule has 0 saturated heterocycles. The van der Waals surface area contributed by atoms with Crippen LogP contribution >= 0.6 is 0 Å². The van der Waals surface area contributed by atoms with Crippen molar-refractivity contribution in [2.75, 3.05) is 7.11 Å². The number of aromatic nitrogens is 8. The van der Waals surface area contributed by atoms with Crippen molar-refractivity contribution in [3.63, 3.8) is 0 Å². The van der Waals surface area contributed by atoms with Crippen molar-refractivity contribution >= 4 is 11.0 Å². The van der Waals surface area contributed by atoms with E-state index >= 15 is 0 Å². The largest absolute Gasteiger partial charge is 0.480 e. The summed E-state index contributed by atoms with van der Waals surface area (Å²) in [5, 5.41) is 5.22. The van der Waals surface area contributed by atoms with Crippen LogP contribution in [0.5, 0.6) is 5.88 Å². The summed E-state index contributed by atoms with van der Waals surface area (Å²) >= 11 is 0. The molecule has 6 rings (SSSR count). The van der Waals surface area contributed by atoms with Gasteiger partial charge in [0.25, 0.3) is 0 Å². The molecule has 0 radical (unpaired) electrons. The zero-order valence-electron chi connectivity index (χ0n) is 19.5. The summed E-state index contributed by atoms with van der Waals surface area (Å²) < 4.78 is 46.2. The van der Waals surface area contributed by atoms with Crippen LogP contribution in [-0.2, 0) is 12.7 Å². The summed E-state index contributed by atoms with van der Waals surface area (Å²) in [4.78, 5) is 25.7. The van der Waals surface area contributed by atoms with Gasteiger partial charge in [0.1, 0.15) is 17.6 Å². The highest BCUT2D eigenvalue weighted by molar-refractivity contribution is 5.77. The predicted octanol–water partition coefficient (Wildman–Crippen LogP) is 4.69. The monoisotopic (exact) mass is 504 g/mol.